The summed E-state index contributed by atoms with van der Waals surface area (Å²) in [4.78, 5) is 19.0. The summed E-state index contributed by atoms with van der Waals surface area (Å²) in [5.41, 5.74) is 0. The molecule has 0 radical (unpaired) electrons. The molecule has 1 heterocycles. The molecule has 1 fully saturated rings. The van der Waals surface area contributed by atoms with Crippen molar-refractivity contribution in [2.24, 2.45) is 5.84 Å². The Morgan fingerprint density at radius 1 is 1.32 bits per heavy atom. The Labute approximate surface area is 190 Å². The minimum atomic E-state index is -2.28. The van der Waals surface area contributed by atoms with Crippen LogP contribution in [0.5, 0.6) is 0 Å². The van der Waals surface area contributed by atoms with E-state index in [2.05, 4.69) is 0 Å². The van der Waals surface area contributed by atoms with Crippen LogP contribution in [0.3, 0.4) is 0 Å². The van der Waals surface area contributed by atoms with Gasteiger partial charge in [-0.15, -0.1) is 0 Å². The zero-order valence-corrected chi connectivity index (χ0v) is 21.2. The maximum absolute atomic E-state index is 13.9. The third kappa shape index (κ3) is 4.88. The Bertz CT molecular complexity index is 580. The first-order chi connectivity index (χ1) is 14.5. The summed E-state index contributed by atoms with van der Waals surface area (Å²) in [6.45, 7) is 10.6. The van der Waals surface area contributed by atoms with Crippen molar-refractivity contribution in [1.82, 2.24) is 19.1 Å². The van der Waals surface area contributed by atoms with Crippen molar-refractivity contribution in [3.8, 4) is 0 Å². The predicted octanol–water partition coefficient (Wildman–Crippen LogP) is 0.264. The van der Waals surface area contributed by atoms with Gasteiger partial charge in [0.15, 0.2) is 0 Å². The molecule has 31 heavy (non-hydrogen) atoms. The third-order valence-electron chi connectivity index (χ3n) is 5.27. The summed E-state index contributed by atoms with van der Waals surface area (Å²) in [6, 6.07) is 0. The molecule has 0 spiro atoms. The van der Waals surface area contributed by atoms with Crippen LogP contribution in [-0.2, 0) is 23.7 Å². The highest BCUT2D eigenvalue weighted by molar-refractivity contribution is 7.96. The molecule has 0 aromatic heterocycles. The summed E-state index contributed by atoms with van der Waals surface area (Å²) in [5.74, 6) is -0.179. The molecule has 3 unspecified atom stereocenters. The molecule has 1 aliphatic heterocycles. The van der Waals surface area contributed by atoms with Crippen LogP contribution in [0.2, 0.25) is 0 Å². The van der Waals surface area contributed by atoms with Crippen LogP contribution in [0.15, 0.2) is 0 Å². The number of likely N-dealkylation sites (N-methyl/N-ethyl adjacent to an activating group) is 2. The fraction of sp³-hybridized carbons (Fsp3) is 0.947. The van der Waals surface area contributed by atoms with Crippen molar-refractivity contribution in [3.63, 3.8) is 0 Å². The average molecular weight is 468 g/mol. The van der Waals surface area contributed by atoms with Crippen molar-refractivity contribution < 1.29 is 28.8 Å². The van der Waals surface area contributed by atoms with Gasteiger partial charge in [-0.25, -0.2) is 15.2 Å². The monoisotopic (exact) mass is 467 g/mol. The third-order valence-corrected chi connectivity index (χ3v) is 5.83. The number of aliphatic hydroxyl groups is 1. The highest BCUT2D eigenvalue weighted by Gasteiger charge is 2.70. The number of hydrazine groups is 1. The van der Waals surface area contributed by atoms with E-state index < -0.39 is 23.6 Å². The first kappa shape index (κ1) is 28.5. The van der Waals surface area contributed by atoms with Crippen molar-refractivity contribution in [2.45, 2.75) is 58.4 Å². The molecule has 184 valence electrons. The smallest absolute Gasteiger partial charge is 0.347 e. The van der Waals surface area contributed by atoms with Gasteiger partial charge >= 0.3 is 11.9 Å². The van der Waals surface area contributed by atoms with Crippen LogP contribution in [0.4, 0.5) is 0 Å². The van der Waals surface area contributed by atoms with Crippen molar-refractivity contribution >= 4 is 17.9 Å². The minimum Gasteiger partial charge on any atom is -0.347 e. The Morgan fingerprint density at radius 2 is 1.90 bits per heavy atom. The van der Waals surface area contributed by atoms with E-state index in [4.69, 9.17) is 24.8 Å². The van der Waals surface area contributed by atoms with E-state index in [-0.39, 0.29) is 25.9 Å². The van der Waals surface area contributed by atoms with Gasteiger partial charge in [-0.2, -0.15) is 0 Å². The lowest BCUT2D eigenvalue weighted by Crippen LogP contribution is -2.85. The number of morpholine rings is 1. The zero-order chi connectivity index (χ0) is 24.0. The van der Waals surface area contributed by atoms with Gasteiger partial charge in [0.2, 0.25) is 5.79 Å². The summed E-state index contributed by atoms with van der Waals surface area (Å²) < 4.78 is 24.4. The number of nitrogens with two attached hydrogens (primary N) is 1. The highest BCUT2D eigenvalue weighted by atomic mass is 32.2. The van der Waals surface area contributed by atoms with Gasteiger partial charge < -0.3 is 24.1 Å². The van der Waals surface area contributed by atoms with Crippen LogP contribution in [0.1, 0.15) is 34.6 Å². The molecule has 3 N–H and O–H groups in total. The van der Waals surface area contributed by atoms with Gasteiger partial charge in [-0.3, -0.25) is 14.6 Å². The van der Waals surface area contributed by atoms with E-state index in [1.807, 2.05) is 18.7 Å². The molecule has 3 atom stereocenters. The van der Waals surface area contributed by atoms with Gasteiger partial charge in [0.25, 0.3) is 5.91 Å². The first-order valence-corrected chi connectivity index (χ1v) is 11.7. The van der Waals surface area contributed by atoms with Gasteiger partial charge in [0.05, 0.1) is 12.7 Å². The second-order valence-corrected chi connectivity index (χ2v) is 8.24. The number of carbonyl (C=O) groups is 1. The Kier molecular flexibility index (Phi) is 10.6. The van der Waals surface area contributed by atoms with E-state index in [1.165, 1.54) is 12.0 Å². The molecule has 12 heteroatoms. The molecule has 1 saturated heterocycles. The van der Waals surface area contributed by atoms with Crippen molar-refractivity contribution in [2.75, 3.05) is 60.3 Å². The molecule has 0 bridgehead atoms. The average Bonchev–Trinajstić information content (AvgIpc) is 2.72. The number of carbonyl (C=O) groups excluding carboxylic acids is 1. The molecule has 1 rings (SSSR count). The van der Waals surface area contributed by atoms with Crippen LogP contribution in [-0.4, -0.2) is 114 Å². The fourth-order valence-electron chi connectivity index (χ4n) is 4.10. The fourth-order valence-corrected chi connectivity index (χ4v) is 4.39. The first-order valence-electron chi connectivity index (χ1n) is 10.6. The summed E-state index contributed by atoms with van der Waals surface area (Å²) >= 11 is 1.07. The summed E-state index contributed by atoms with van der Waals surface area (Å²) in [7, 11) is 4.82. The van der Waals surface area contributed by atoms with E-state index >= 15 is 0 Å². The number of methoxy groups -OCH3 is 1. The van der Waals surface area contributed by atoms with Gasteiger partial charge in [-0.05, 0) is 59.9 Å². The maximum Gasteiger partial charge on any atom is 0.357 e. The lowest BCUT2D eigenvalue weighted by Gasteiger charge is -2.61. The van der Waals surface area contributed by atoms with E-state index in [0.717, 1.165) is 16.4 Å². The van der Waals surface area contributed by atoms with E-state index in [0.29, 0.717) is 13.1 Å². The molecular weight excluding hydrogens is 426 g/mol. The normalized spacial score (nSPS) is 27.2. The van der Waals surface area contributed by atoms with Crippen molar-refractivity contribution in [1.29, 1.82) is 0 Å². The Morgan fingerprint density at radius 3 is 2.29 bits per heavy atom. The number of nitrogens with zero attached hydrogens (tertiary/aromatic N) is 4. The number of hydrogen-bond donors (Lipinski definition) is 2. The number of rotatable bonds is 12. The Balaban J connectivity index is 3.88. The van der Waals surface area contributed by atoms with Crippen LogP contribution >= 0.6 is 11.9 Å². The topological polar surface area (TPSA) is 113 Å². The molecule has 0 aromatic rings. The lowest BCUT2D eigenvalue weighted by molar-refractivity contribution is -0.553. The summed E-state index contributed by atoms with van der Waals surface area (Å²) in [5, 5.41) is 12.0. The SMILES string of the molecule is CCOC1(OC(C)C)OCCN(C(C(=O)N(N)SC)(N(C)C)N(CC)CC)C1(O)OC. The quantitative estimate of drug-likeness (QED) is 0.135. The molecular formula is C19H41N5O6S. The number of ether oxygens (including phenoxy) is 4. The number of hydrogen-bond acceptors (Lipinski definition) is 11. The van der Waals surface area contributed by atoms with E-state index in [9.17, 15) is 9.90 Å². The van der Waals surface area contributed by atoms with Gasteiger partial charge in [0, 0.05) is 26.5 Å². The maximum atomic E-state index is 13.9. The van der Waals surface area contributed by atoms with Gasteiger partial charge in [0.1, 0.15) is 0 Å². The summed E-state index contributed by atoms with van der Waals surface area (Å²) in [6.07, 6.45) is 1.33. The minimum absolute atomic E-state index is 0.117. The molecule has 11 nitrogen and oxygen atoms in total. The molecule has 0 aromatic carbocycles. The van der Waals surface area contributed by atoms with Crippen LogP contribution in [0, 0.1) is 0 Å². The standard InChI is InChI=1S/C19H41N5O6S/c1-10-22(11-2)17(21(6)7,16(25)24(20)31-9)23-13-14-29-19(28-12-3,30-15(4)5)18(23,26)27-8/h15,26H,10-14,20H2,1-9H3. The highest BCUT2D eigenvalue weighted by Crippen LogP contribution is 2.43. The zero-order valence-electron chi connectivity index (χ0n) is 20.4. The molecule has 0 saturated carbocycles. The Hall–Kier alpha value is -0.540. The lowest BCUT2D eigenvalue weighted by atomic mass is 10.1. The van der Waals surface area contributed by atoms with Gasteiger partial charge in [-0.1, -0.05) is 13.8 Å². The molecule has 1 aliphatic rings. The van der Waals surface area contributed by atoms with Crippen molar-refractivity contribution in [3.05, 3.63) is 0 Å². The second kappa shape index (κ2) is 11.5. The predicted molar refractivity (Wildman–Crippen MR) is 119 cm³/mol. The van der Waals surface area contributed by atoms with Crippen LogP contribution < -0.4 is 5.84 Å². The number of amides is 1. The molecule has 1 amide bonds. The molecule has 0 aliphatic carbocycles. The van der Waals surface area contributed by atoms with E-state index in [1.54, 1.807) is 46.0 Å². The second-order valence-electron chi connectivity index (χ2n) is 7.48. The largest absolute Gasteiger partial charge is 0.357 e. The van der Waals surface area contributed by atoms with Crippen LogP contribution in [0.25, 0.3) is 0 Å².